The summed E-state index contributed by atoms with van der Waals surface area (Å²) in [5.74, 6) is -0.425. The maximum Gasteiger partial charge on any atom is 0.337 e. The van der Waals surface area contributed by atoms with E-state index < -0.39 is 5.97 Å². The minimum absolute atomic E-state index is 0.0516. The molecule has 0 saturated carbocycles. The molecule has 2 heterocycles. The highest BCUT2D eigenvalue weighted by Gasteiger charge is 2.21. The number of carbonyl (C=O) groups is 1. The van der Waals surface area contributed by atoms with Crippen LogP contribution in [0.25, 0.3) is 41.6 Å². The molecular weight excluding hydrogens is 404 g/mol. The number of nitrogens with zero attached hydrogens (tertiary/aromatic N) is 2. The second-order valence-electron chi connectivity index (χ2n) is 6.39. The molecule has 2 aromatic heterocycles. The lowest BCUT2D eigenvalue weighted by atomic mass is 10.0. The van der Waals surface area contributed by atoms with Gasteiger partial charge in [-0.1, -0.05) is 24.3 Å². The molecule has 0 aliphatic heterocycles. The minimum atomic E-state index is -0.477. The van der Waals surface area contributed by atoms with Crippen molar-refractivity contribution < 1.29 is 14.6 Å². The summed E-state index contributed by atoms with van der Waals surface area (Å²) in [6.45, 7) is 0. The average molecular weight is 418 g/mol. The van der Waals surface area contributed by atoms with Gasteiger partial charge in [-0.05, 0) is 36.4 Å². The van der Waals surface area contributed by atoms with Crippen LogP contribution in [-0.2, 0) is 4.74 Å². The van der Waals surface area contributed by atoms with E-state index in [9.17, 15) is 9.90 Å². The van der Waals surface area contributed by atoms with Crippen molar-refractivity contribution in [3.63, 3.8) is 0 Å². The number of para-hydroxylation sites is 2. The predicted molar refractivity (Wildman–Crippen MR) is 117 cm³/mol. The van der Waals surface area contributed by atoms with Crippen molar-refractivity contribution in [2.45, 2.75) is 0 Å². The van der Waals surface area contributed by atoms with E-state index in [2.05, 4.69) is 9.97 Å². The maximum absolute atomic E-state index is 12.3. The molecule has 0 atom stereocenters. The Bertz CT molecular complexity index is 1230. The molecule has 0 unspecified atom stereocenters. The van der Waals surface area contributed by atoms with Gasteiger partial charge < -0.3 is 9.84 Å². The first-order chi connectivity index (χ1) is 14.1. The first-order valence-electron chi connectivity index (χ1n) is 8.81. The molecule has 5 aromatic rings. The van der Waals surface area contributed by atoms with E-state index in [0.29, 0.717) is 26.7 Å². The highest BCUT2D eigenvalue weighted by atomic mass is 32.1. The van der Waals surface area contributed by atoms with E-state index >= 15 is 0 Å². The summed E-state index contributed by atoms with van der Waals surface area (Å²) in [5, 5.41) is 12.4. The maximum atomic E-state index is 12.3. The average Bonchev–Trinajstić information content (AvgIpc) is 3.37. The van der Waals surface area contributed by atoms with Gasteiger partial charge in [-0.3, -0.25) is 0 Å². The van der Waals surface area contributed by atoms with E-state index in [1.807, 2.05) is 48.5 Å². The van der Waals surface area contributed by atoms with Gasteiger partial charge >= 0.3 is 5.97 Å². The fourth-order valence-electron chi connectivity index (χ4n) is 3.17. The molecule has 142 valence electrons. The molecule has 0 fully saturated rings. The van der Waals surface area contributed by atoms with Gasteiger partial charge in [-0.15, -0.1) is 22.7 Å². The van der Waals surface area contributed by atoms with Crippen molar-refractivity contribution in [2.24, 2.45) is 0 Å². The summed E-state index contributed by atoms with van der Waals surface area (Å²) in [6.07, 6.45) is 0. The third kappa shape index (κ3) is 3.04. The zero-order valence-electron chi connectivity index (χ0n) is 15.2. The molecule has 0 saturated heterocycles. The van der Waals surface area contributed by atoms with Crippen LogP contribution in [0.4, 0.5) is 0 Å². The monoisotopic (exact) mass is 418 g/mol. The number of phenolic OH excluding ortho intramolecular Hbond substituents is 1. The van der Waals surface area contributed by atoms with Crippen molar-refractivity contribution in [1.82, 2.24) is 9.97 Å². The van der Waals surface area contributed by atoms with Gasteiger partial charge in [0, 0.05) is 0 Å². The van der Waals surface area contributed by atoms with E-state index in [1.165, 1.54) is 29.8 Å². The fraction of sp³-hybridized carbons (Fsp3) is 0.0455. The van der Waals surface area contributed by atoms with Crippen molar-refractivity contribution in [1.29, 1.82) is 0 Å². The number of benzene rings is 3. The SMILES string of the molecule is COC(=O)c1cc(-c2nc3ccccc3s2)c(O)c(-c2nc3ccccc3s2)c1. The Labute approximate surface area is 173 Å². The third-order valence-corrected chi connectivity index (χ3v) is 6.72. The summed E-state index contributed by atoms with van der Waals surface area (Å²) >= 11 is 2.92. The van der Waals surface area contributed by atoms with Gasteiger partial charge in [-0.25, -0.2) is 14.8 Å². The number of aromatic hydroxyl groups is 1. The molecule has 0 amide bonds. The summed E-state index contributed by atoms with van der Waals surface area (Å²) in [5.41, 5.74) is 3.01. The normalized spacial score (nSPS) is 11.2. The lowest BCUT2D eigenvalue weighted by Gasteiger charge is -2.09. The third-order valence-electron chi connectivity index (χ3n) is 4.58. The Balaban J connectivity index is 1.76. The van der Waals surface area contributed by atoms with Gasteiger partial charge in [0.1, 0.15) is 15.8 Å². The fourth-order valence-corrected chi connectivity index (χ4v) is 5.14. The van der Waals surface area contributed by atoms with Gasteiger partial charge in [-0.2, -0.15) is 0 Å². The number of carbonyl (C=O) groups excluding carboxylic acids is 1. The van der Waals surface area contributed by atoms with E-state index in [-0.39, 0.29) is 5.75 Å². The molecule has 7 heteroatoms. The molecule has 0 spiro atoms. The zero-order chi connectivity index (χ0) is 20.0. The number of thiazole rings is 2. The molecule has 0 aliphatic carbocycles. The highest BCUT2D eigenvalue weighted by molar-refractivity contribution is 7.22. The van der Waals surface area contributed by atoms with Crippen LogP contribution in [0, 0.1) is 0 Å². The number of ether oxygens (including phenoxy) is 1. The summed E-state index contributed by atoms with van der Waals surface area (Å²) in [4.78, 5) is 21.6. The van der Waals surface area contributed by atoms with Crippen LogP contribution in [0.5, 0.6) is 5.75 Å². The Morgan fingerprint density at radius 2 is 1.34 bits per heavy atom. The molecule has 29 heavy (non-hydrogen) atoms. The lowest BCUT2D eigenvalue weighted by Crippen LogP contribution is -2.02. The van der Waals surface area contributed by atoms with E-state index in [1.54, 1.807) is 12.1 Å². The molecule has 3 aromatic carbocycles. The van der Waals surface area contributed by atoms with Crippen LogP contribution < -0.4 is 0 Å². The summed E-state index contributed by atoms with van der Waals surface area (Å²) in [6, 6.07) is 18.8. The van der Waals surface area contributed by atoms with Gasteiger partial charge in [0.05, 0.1) is 44.2 Å². The number of fused-ring (bicyclic) bond motifs is 2. The summed E-state index contributed by atoms with van der Waals surface area (Å²) < 4.78 is 6.93. The first-order valence-corrected chi connectivity index (χ1v) is 10.4. The van der Waals surface area contributed by atoms with E-state index in [0.717, 1.165) is 20.4 Å². The Kier molecular flexibility index (Phi) is 4.26. The van der Waals surface area contributed by atoms with Crippen LogP contribution in [0.2, 0.25) is 0 Å². The number of methoxy groups -OCH3 is 1. The van der Waals surface area contributed by atoms with Gasteiger partial charge in [0.2, 0.25) is 0 Å². The van der Waals surface area contributed by atoms with Crippen molar-refractivity contribution in [2.75, 3.05) is 7.11 Å². The Morgan fingerprint density at radius 3 is 1.79 bits per heavy atom. The Morgan fingerprint density at radius 1 is 0.862 bits per heavy atom. The van der Waals surface area contributed by atoms with Crippen molar-refractivity contribution >= 4 is 49.1 Å². The standard InChI is InChI=1S/C22H14N2O3S2/c1-27-22(26)12-10-13(20-23-15-6-2-4-8-17(15)28-20)19(25)14(11-12)21-24-16-7-3-5-9-18(16)29-21/h2-11,25H,1H3. The highest BCUT2D eigenvalue weighted by Crippen LogP contribution is 2.43. The lowest BCUT2D eigenvalue weighted by molar-refractivity contribution is 0.0601. The minimum Gasteiger partial charge on any atom is -0.506 e. The molecule has 0 bridgehead atoms. The number of aromatic nitrogens is 2. The second-order valence-corrected chi connectivity index (χ2v) is 8.45. The van der Waals surface area contributed by atoms with Crippen LogP contribution >= 0.6 is 22.7 Å². The topological polar surface area (TPSA) is 72.3 Å². The van der Waals surface area contributed by atoms with Gasteiger partial charge in [0.15, 0.2) is 0 Å². The van der Waals surface area contributed by atoms with Crippen LogP contribution in [-0.4, -0.2) is 28.2 Å². The number of phenols is 1. The second kappa shape index (κ2) is 6.95. The molecule has 1 N–H and O–H groups in total. The van der Waals surface area contributed by atoms with Crippen molar-refractivity contribution in [3.8, 4) is 26.9 Å². The Hall–Kier alpha value is -3.29. The molecule has 5 rings (SSSR count). The smallest absolute Gasteiger partial charge is 0.337 e. The van der Waals surface area contributed by atoms with Gasteiger partial charge in [0.25, 0.3) is 0 Å². The molecule has 0 radical (unpaired) electrons. The summed E-state index contributed by atoms with van der Waals surface area (Å²) in [7, 11) is 1.34. The quantitative estimate of drug-likeness (QED) is 0.379. The first kappa shape index (κ1) is 17.8. The number of hydrogen-bond donors (Lipinski definition) is 1. The largest absolute Gasteiger partial charge is 0.506 e. The number of esters is 1. The molecule has 0 aliphatic rings. The zero-order valence-corrected chi connectivity index (χ0v) is 16.9. The van der Waals surface area contributed by atoms with Crippen LogP contribution in [0.15, 0.2) is 60.7 Å². The number of rotatable bonds is 3. The van der Waals surface area contributed by atoms with Crippen LogP contribution in [0.3, 0.4) is 0 Å². The van der Waals surface area contributed by atoms with E-state index in [4.69, 9.17) is 4.74 Å². The van der Waals surface area contributed by atoms with Crippen LogP contribution in [0.1, 0.15) is 10.4 Å². The predicted octanol–water partition coefficient (Wildman–Crippen LogP) is 5.73. The van der Waals surface area contributed by atoms with Crippen molar-refractivity contribution in [3.05, 3.63) is 66.2 Å². The number of hydrogen-bond acceptors (Lipinski definition) is 7. The molecular formula is C22H14N2O3S2. The molecule has 5 nitrogen and oxygen atoms in total.